The third-order valence-corrected chi connectivity index (χ3v) is 5.12. The van der Waals surface area contributed by atoms with Gasteiger partial charge in [-0.2, -0.15) is 0 Å². The average molecular weight is 464 g/mol. The Hall–Kier alpha value is -2.51. The van der Waals surface area contributed by atoms with Crippen LogP contribution in [0.4, 0.5) is 4.79 Å². The Morgan fingerprint density at radius 1 is 1.32 bits per heavy atom. The molecular weight excluding hydrogens is 444 g/mol. The molecule has 28 heavy (non-hydrogen) atoms. The topological polar surface area (TPSA) is 68.2 Å². The Morgan fingerprint density at radius 2 is 2.14 bits per heavy atom. The lowest BCUT2D eigenvalue weighted by molar-refractivity contribution is 0.237. The average Bonchev–Trinajstić information content (AvgIpc) is 3.11. The second-order valence-electron chi connectivity index (χ2n) is 6.17. The van der Waals surface area contributed by atoms with Gasteiger partial charge in [-0.05, 0) is 35.4 Å². The molecule has 3 aromatic rings. The van der Waals surface area contributed by atoms with Gasteiger partial charge in [0.15, 0.2) is 0 Å². The van der Waals surface area contributed by atoms with Gasteiger partial charge in [0.05, 0.1) is 7.11 Å². The number of nitrogens with one attached hydrogen (secondary N) is 2. The first-order chi connectivity index (χ1) is 13.5. The number of imidazole rings is 1. The van der Waals surface area contributed by atoms with Gasteiger partial charge in [0, 0.05) is 35.5 Å². The zero-order valence-electron chi connectivity index (χ0n) is 15.4. The van der Waals surface area contributed by atoms with Gasteiger partial charge in [-0.25, -0.2) is 9.78 Å². The zero-order valence-corrected chi connectivity index (χ0v) is 17.8. The Morgan fingerprint density at radius 3 is 2.82 bits per heavy atom. The fraction of sp³-hybridized carbons (Fsp3) is 0.200. The molecule has 0 aliphatic carbocycles. The van der Waals surface area contributed by atoms with Crippen molar-refractivity contribution < 1.29 is 9.53 Å². The quantitative estimate of drug-likeness (QED) is 0.568. The lowest BCUT2D eigenvalue weighted by Crippen LogP contribution is -2.39. The number of carbonyl (C=O) groups is 1. The molecular formula is C20H20BrClN4O2. The van der Waals surface area contributed by atoms with E-state index in [9.17, 15) is 4.79 Å². The molecule has 146 valence electrons. The van der Waals surface area contributed by atoms with Crippen LogP contribution in [0, 0.1) is 0 Å². The van der Waals surface area contributed by atoms with E-state index < -0.39 is 6.04 Å². The van der Waals surface area contributed by atoms with Gasteiger partial charge >= 0.3 is 6.03 Å². The van der Waals surface area contributed by atoms with Crippen LogP contribution in [0.3, 0.4) is 0 Å². The van der Waals surface area contributed by atoms with E-state index in [2.05, 4.69) is 31.5 Å². The zero-order chi connectivity index (χ0) is 20.1. The van der Waals surface area contributed by atoms with Gasteiger partial charge in [0.25, 0.3) is 0 Å². The molecule has 1 atom stereocenters. The molecule has 1 heterocycles. The number of ether oxygens (including phenoxy) is 1. The number of aryl methyl sites for hydroxylation is 1. The van der Waals surface area contributed by atoms with Crippen LogP contribution in [-0.4, -0.2) is 22.7 Å². The standard InChI is InChI=1S/C20H20BrClN4O2/c1-26-9-8-23-19(26)18(13-4-3-5-16(10-13)28-2)25-20(27)24-12-14-6-7-15(21)11-17(14)22/h3-11,18H,12H2,1-2H3,(H2,24,25,27). The minimum absolute atomic E-state index is 0.309. The molecule has 2 amide bonds. The number of nitrogens with zero attached hydrogens (tertiary/aromatic N) is 2. The predicted molar refractivity (Wildman–Crippen MR) is 113 cm³/mol. The number of hydrogen-bond donors (Lipinski definition) is 2. The number of halogens is 2. The minimum Gasteiger partial charge on any atom is -0.497 e. The molecule has 0 spiro atoms. The second kappa shape index (κ2) is 9.12. The number of benzene rings is 2. The maximum atomic E-state index is 12.6. The summed E-state index contributed by atoms with van der Waals surface area (Å²) in [7, 11) is 3.49. The monoisotopic (exact) mass is 462 g/mol. The van der Waals surface area contributed by atoms with Gasteiger partial charge in [0.1, 0.15) is 17.6 Å². The van der Waals surface area contributed by atoms with E-state index in [0.717, 1.165) is 15.6 Å². The maximum Gasteiger partial charge on any atom is 0.315 e. The summed E-state index contributed by atoms with van der Waals surface area (Å²) in [5.74, 6) is 1.42. The molecule has 0 saturated carbocycles. The summed E-state index contributed by atoms with van der Waals surface area (Å²) in [5, 5.41) is 6.43. The largest absolute Gasteiger partial charge is 0.497 e. The molecule has 0 bridgehead atoms. The molecule has 0 fully saturated rings. The molecule has 0 aliphatic heterocycles. The number of aromatic nitrogens is 2. The summed E-state index contributed by atoms with van der Waals surface area (Å²) in [5.41, 5.74) is 1.69. The Labute approximate surface area is 177 Å². The predicted octanol–water partition coefficient (Wildman–Crippen LogP) is 4.43. The Kier molecular flexibility index (Phi) is 6.59. The number of hydrogen-bond acceptors (Lipinski definition) is 3. The van der Waals surface area contributed by atoms with E-state index in [1.54, 1.807) is 19.4 Å². The molecule has 1 aromatic heterocycles. The maximum absolute atomic E-state index is 12.6. The van der Waals surface area contributed by atoms with Gasteiger partial charge in [-0.3, -0.25) is 0 Å². The van der Waals surface area contributed by atoms with Crippen LogP contribution >= 0.6 is 27.5 Å². The van der Waals surface area contributed by atoms with Crippen LogP contribution in [-0.2, 0) is 13.6 Å². The summed E-state index contributed by atoms with van der Waals surface area (Å²) in [6.07, 6.45) is 3.54. The summed E-state index contributed by atoms with van der Waals surface area (Å²) < 4.78 is 8.07. The second-order valence-corrected chi connectivity index (χ2v) is 7.49. The fourth-order valence-electron chi connectivity index (χ4n) is 2.80. The van der Waals surface area contributed by atoms with E-state index >= 15 is 0 Å². The first-order valence-electron chi connectivity index (χ1n) is 8.57. The Balaban J connectivity index is 1.77. The lowest BCUT2D eigenvalue weighted by atomic mass is 10.1. The molecule has 3 rings (SSSR count). The normalized spacial score (nSPS) is 11.7. The number of methoxy groups -OCH3 is 1. The van der Waals surface area contributed by atoms with E-state index in [0.29, 0.717) is 23.1 Å². The number of rotatable bonds is 6. The van der Waals surface area contributed by atoms with Gasteiger partial charge in [-0.15, -0.1) is 0 Å². The van der Waals surface area contributed by atoms with E-state index in [1.165, 1.54) is 0 Å². The number of amides is 2. The first-order valence-corrected chi connectivity index (χ1v) is 9.74. The highest BCUT2D eigenvalue weighted by Gasteiger charge is 2.21. The molecule has 0 radical (unpaired) electrons. The fourth-order valence-corrected chi connectivity index (χ4v) is 3.54. The number of urea groups is 1. The summed E-state index contributed by atoms with van der Waals surface area (Å²) >= 11 is 9.59. The van der Waals surface area contributed by atoms with Crippen molar-refractivity contribution in [3.8, 4) is 5.75 Å². The van der Waals surface area contributed by atoms with Crippen LogP contribution in [0.5, 0.6) is 5.75 Å². The highest BCUT2D eigenvalue weighted by molar-refractivity contribution is 9.10. The summed E-state index contributed by atoms with van der Waals surface area (Å²) in [4.78, 5) is 17.0. The van der Waals surface area contributed by atoms with Gasteiger partial charge in [0.2, 0.25) is 0 Å². The first kappa shape index (κ1) is 20.2. The van der Waals surface area contributed by atoms with Crippen molar-refractivity contribution in [3.63, 3.8) is 0 Å². The van der Waals surface area contributed by atoms with Crippen LogP contribution in [0.2, 0.25) is 5.02 Å². The molecule has 2 N–H and O–H groups in total. The van der Waals surface area contributed by atoms with Gasteiger partial charge < -0.3 is 19.9 Å². The molecule has 1 unspecified atom stereocenters. The van der Waals surface area contributed by atoms with E-state index in [4.69, 9.17) is 16.3 Å². The lowest BCUT2D eigenvalue weighted by Gasteiger charge is -2.20. The SMILES string of the molecule is COc1cccc(C(NC(=O)NCc2ccc(Br)cc2Cl)c2nccn2C)c1. The van der Waals surface area contributed by atoms with Crippen molar-refractivity contribution in [1.29, 1.82) is 0 Å². The van der Waals surface area contributed by atoms with Gasteiger partial charge in [-0.1, -0.05) is 45.7 Å². The third kappa shape index (κ3) is 4.85. The summed E-state index contributed by atoms with van der Waals surface area (Å²) in [6.45, 7) is 0.309. The highest BCUT2D eigenvalue weighted by atomic mass is 79.9. The Bertz CT molecular complexity index is 976. The van der Waals surface area contributed by atoms with Crippen molar-refractivity contribution in [3.05, 3.63) is 81.3 Å². The smallest absolute Gasteiger partial charge is 0.315 e. The minimum atomic E-state index is -0.435. The summed E-state index contributed by atoms with van der Waals surface area (Å²) in [6, 6.07) is 12.3. The van der Waals surface area contributed by atoms with E-state index in [1.807, 2.05) is 54.2 Å². The van der Waals surface area contributed by atoms with E-state index in [-0.39, 0.29) is 6.03 Å². The van der Waals surface area contributed by atoms with Crippen LogP contribution < -0.4 is 15.4 Å². The van der Waals surface area contributed by atoms with Crippen LogP contribution in [0.1, 0.15) is 23.0 Å². The highest BCUT2D eigenvalue weighted by Crippen LogP contribution is 2.24. The molecule has 0 aliphatic rings. The van der Waals surface area contributed by atoms with Crippen LogP contribution in [0.25, 0.3) is 0 Å². The number of carbonyl (C=O) groups excluding carboxylic acids is 1. The van der Waals surface area contributed by atoms with Crippen molar-refractivity contribution in [1.82, 2.24) is 20.2 Å². The molecule has 0 saturated heterocycles. The molecule has 8 heteroatoms. The van der Waals surface area contributed by atoms with Crippen LogP contribution in [0.15, 0.2) is 59.3 Å². The van der Waals surface area contributed by atoms with Crippen molar-refractivity contribution in [2.75, 3.05) is 7.11 Å². The molecule has 6 nitrogen and oxygen atoms in total. The third-order valence-electron chi connectivity index (χ3n) is 4.27. The molecule has 2 aromatic carbocycles. The van der Waals surface area contributed by atoms with Crippen molar-refractivity contribution >= 4 is 33.6 Å². The van der Waals surface area contributed by atoms with Crippen molar-refractivity contribution in [2.24, 2.45) is 7.05 Å². The van der Waals surface area contributed by atoms with Crippen molar-refractivity contribution in [2.45, 2.75) is 12.6 Å².